The molecule has 0 spiro atoms. The van der Waals surface area contributed by atoms with Gasteiger partial charge < -0.3 is 19.2 Å². The first kappa shape index (κ1) is 16.4. The van der Waals surface area contributed by atoms with Crippen LogP contribution in [0.1, 0.15) is 22.3 Å². The summed E-state index contributed by atoms with van der Waals surface area (Å²) in [5, 5.41) is 4.13. The van der Waals surface area contributed by atoms with Gasteiger partial charge in [0.1, 0.15) is 5.82 Å². The van der Waals surface area contributed by atoms with E-state index in [0.29, 0.717) is 30.0 Å². The summed E-state index contributed by atoms with van der Waals surface area (Å²) in [6, 6.07) is 11.3. The number of hydrogen-bond acceptors (Lipinski definition) is 5. The number of carbonyl (C=O) groups is 1. The van der Waals surface area contributed by atoms with E-state index in [2.05, 4.69) is 5.16 Å². The predicted molar refractivity (Wildman–Crippen MR) is 92.0 cm³/mol. The average Bonchev–Trinajstić information content (AvgIpc) is 3.29. The van der Waals surface area contributed by atoms with E-state index in [-0.39, 0.29) is 18.8 Å². The summed E-state index contributed by atoms with van der Waals surface area (Å²) in [5.41, 5.74) is 2.00. The fourth-order valence-corrected chi connectivity index (χ4v) is 3.00. The quantitative estimate of drug-likeness (QED) is 0.845. The van der Waals surface area contributed by atoms with Gasteiger partial charge in [-0.3, -0.25) is 4.79 Å². The average molecular weight is 356 g/mol. The first-order valence-electron chi connectivity index (χ1n) is 8.24. The fraction of sp³-hybridized carbons (Fsp3) is 0.263. The Morgan fingerprint density at radius 2 is 2.08 bits per heavy atom. The molecule has 2 aromatic rings. The van der Waals surface area contributed by atoms with Crippen LogP contribution in [-0.4, -0.2) is 43.0 Å². The molecule has 0 aliphatic carbocycles. The lowest BCUT2D eigenvalue weighted by Gasteiger charge is -2.20. The molecule has 6 nitrogen and oxygen atoms in total. The summed E-state index contributed by atoms with van der Waals surface area (Å²) < 4.78 is 24.0. The van der Waals surface area contributed by atoms with E-state index in [9.17, 15) is 9.18 Å². The molecule has 2 aliphatic rings. The minimum atomic E-state index is -0.435. The van der Waals surface area contributed by atoms with Crippen molar-refractivity contribution in [3.05, 3.63) is 59.4 Å². The van der Waals surface area contributed by atoms with Crippen molar-refractivity contribution in [2.45, 2.75) is 12.5 Å². The van der Waals surface area contributed by atoms with E-state index in [0.717, 1.165) is 11.3 Å². The summed E-state index contributed by atoms with van der Waals surface area (Å²) >= 11 is 0. The van der Waals surface area contributed by atoms with Gasteiger partial charge in [-0.15, -0.1) is 0 Å². The first-order valence-corrected chi connectivity index (χ1v) is 8.24. The molecule has 4 rings (SSSR count). The van der Waals surface area contributed by atoms with Gasteiger partial charge in [0.15, 0.2) is 17.6 Å². The number of nitrogens with zero attached hydrogens (tertiary/aromatic N) is 2. The van der Waals surface area contributed by atoms with Crippen LogP contribution in [0.3, 0.4) is 0 Å². The molecule has 7 heteroatoms. The lowest BCUT2D eigenvalue weighted by Crippen LogP contribution is -2.34. The van der Waals surface area contributed by atoms with Crippen molar-refractivity contribution in [2.24, 2.45) is 5.16 Å². The van der Waals surface area contributed by atoms with Gasteiger partial charge in [-0.25, -0.2) is 4.39 Å². The van der Waals surface area contributed by atoms with Gasteiger partial charge >= 0.3 is 0 Å². The first-order chi connectivity index (χ1) is 12.6. The number of carbonyl (C=O) groups excluding carboxylic acids is 1. The van der Waals surface area contributed by atoms with E-state index < -0.39 is 5.82 Å². The van der Waals surface area contributed by atoms with Crippen LogP contribution in [0.4, 0.5) is 4.39 Å². The van der Waals surface area contributed by atoms with Crippen molar-refractivity contribution < 1.29 is 23.5 Å². The second-order valence-corrected chi connectivity index (χ2v) is 6.23. The minimum Gasteiger partial charge on any atom is -0.454 e. The molecule has 0 fully saturated rings. The van der Waals surface area contributed by atoms with Crippen LogP contribution in [0.5, 0.6) is 11.5 Å². The van der Waals surface area contributed by atoms with Crippen LogP contribution in [0.25, 0.3) is 0 Å². The predicted octanol–water partition coefficient (Wildman–Crippen LogP) is 2.82. The Morgan fingerprint density at radius 1 is 1.23 bits per heavy atom. The Hall–Kier alpha value is -3.09. The van der Waals surface area contributed by atoms with E-state index >= 15 is 0 Å². The third-order valence-corrected chi connectivity index (χ3v) is 4.33. The molecular weight excluding hydrogens is 339 g/mol. The van der Waals surface area contributed by atoms with E-state index in [4.69, 9.17) is 14.3 Å². The SMILES string of the molecule is CN(C[C@H]1CC(c2ccc3c(c2)OCO3)=NO1)C(=O)c1cccc(F)c1. The van der Waals surface area contributed by atoms with Crippen LogP contribution < -0.4 is 9.47 Å². The molecule has 0 saturated carbocycles. The van der Waals surface area contributed by atoms with Gasteiger partial charge in [0.25, 0.3) is 5.91 Å². The number of fused-ring (bicyclic) bond motifs is 1. The highest BCUT2D eigenvalue weighted by atomic mass is 19.1. The highest BCUT2D eigenvalue weighted by molar-refractivity contribution is 6.02. The third kappa shape index (κ3) is 3.20. The van der Waals surface area contributed by atoms with Gasteiger partial charge in [0.2, 0.25) is 6.79 Å². The summed E-state index contributed by atoms with van der Waals surface area (Å²) in [4.78, 5) is 19.4. The Labute approximate surface area is 149 Å². The van der Waals surface area contributed by atoms with Gasteiger partial charge in [-0.1, -0.05) is 11.2 Å². The second kappa shape index (κ2) is 6.67. The summed E-state index contributed by atoms with van der Waals surface area (Å²) in [5.74, 6) is 0.705. The number of halogens is 1. The molecule has 0 saturated heterocycles. The molecule has 0 unspecified atom stereocenters. The van der Waals surface area contributed by atoms with Gasteiger partial charge in [0.05, 0.1) is 12.3 Å². The van der Waals surface area contributed by atoms with Crippen LogP contribution in [0, 0.1) is 5.82 Å². The van der Waals surface area contributed by atoms with Crippen molar-refractivity contribution in [3.8, 4) is 11.5 Å². The zero-order chi connectivity index (χ0) is 18.1. The lowest BCUT2D eigenvalue weighted by molar-refractivity contribution is 0.0482. The third-order valence-electron chi connectivity index (χ3n) is 4.33. The molecule has 0 aromatic heterocycles. The second-order valence-electron chi connectivity index (χ2n) is 6.23. The van der Waals surface area contributed by atoms with E-state index in [1.54, 1.807) is 13.1 Å². The van der Waals surface area contributed by atoms with E-state index in [1.165, 1.54) is 23.1 Å². The van der Waals surface area contributed by atoms with Crippen molar-refractivity contribution >= 4 is 11.6 Å². The highest BCUT2D eigenvalue weighted by Crippen LogP contribution is 2.33. The highest BCUT2D eigenvalue weighted by Gasteiger charge is 2.26. The Bertz CT molecular complexity index is 884. The standard InChI is InChI=1S/C19H17FN2O4/c1-22(19(23)13-3-2-4-14(20)7-13)10-15-9-16(21-26-15)12-5-6-17-18(8-12)25-11-24-17/h2-8,15H,9-11H2,1H3/t15-/m1/s1. The minimum absolute atomic E-state index is 0.220. The zero-order valence-electron chi connectivity index (χ0n) is 14.1. The van der Waals surface area contributed by atoms with Crippen LogP contribution in [0.2, 0.25) is 0 Å². The topological polar surface area (TPSA) is 60.4 Å². The summed E-state index contributed by atoms with van der Waals surface area (Å²) in [6.07, 6.45) is 0.318. The van der Waals surface area contributed by atoms with Crippen molar-refractivity contribution in [3.63, 3.8) is 0 Å². The van der Waals surface area contributed by atoms with Crippen LogP contribution in [0.15, 0.2) is 47.6 Å². The number of rotatable bonds is 4. The number of amides is 1. The molecule has 0 N–H and O–H groups in total. The van der Waals surface area contributed by atoms with Crippen molar-refractivity contribution in [1.82, 2.24) is 4.90 Å². The lowest BCUT2D eigenvalue weighted by atomic mass is 10.0. The molecule has 0 radical (unpaired) electrons. The molecule has 1 atom stereocenters. The summed E-state index contributed by atoms with van der Waals surface area (Å²) in [6.45, 7) is 0.574. The summed E-state index contributed by atoms with van der Waals surface area (Å²) in [7, 11) is 1.66. The number of likely N-dealkylation sites (N-methyl/N-ethyl adjacent to an activating group) is 1. The molecule has 26 heavy (non-hydrogen) atoms. The van der Waals surface area contributed by atoms with Gasteiger partial charge in [-0.2, -0.15) is 0 Å². The normalized spacial score (nSPS) is 17.6. The largest absolute Gasteiger partial charge is 0.454 e. The Balaban J connectivity index is 1.38. The Morgan fingerprint density at radius 3 is 2.92 bits per heavy atom. The van der Waals surface area contributed by atoms with Crippen LogP contribution in [-0.2, 0) is 4.84 Å². The molecule has 2 heterocycles. The molecule has 134 valence electrons. The number of hydrogen-bond donors (Lipinski definition) is 0. The zero-order valence-corrected chi connectivity index (χ0v) is 14.1. The molecule has 0 bridgehead atoms. The van der Waals surface area contributed by atoms with Gasteiger partial charge in [0, 0.05) is 24.6 Å². The van der Waals surface area contributed by atoms with E-state index in [1.807, 2.05) is 18.2 Å². The molecular formula is C19H17FN2O4. The molecule has 1 amide bonds. The molecule has 2 aliphatic heterocycles. The number of benzene rings is 2. The Kier molecular flexibility index (Phi) is 4.20. The maximum atomic E-state index is 13.3. The maximum absolute atomic E-state index is 13.3. The van der Waals surface area contributed by atoms with Crippen LogP contribution >= 0.6 is 0 Å². The van der Waals surface area contributed by atoms with Gasteiger partial charge in [-0.05, 0) is 36.4 Å². The molecule has 2 aromatic carbocycles. The fourth-order valence-electron chi connectivity index (χ4n) is 3.00. The number of oxime groups is 1. The monoisotopic (exact) mass is 356 g/mol. The van der Waals surface area contributed by atoms with Crippen molar-refractivity contribution in [2.75, 3.05) is 20.4 Å². The smallest absolute Gasteiger partial charge is 0.253 e. The number of ether oxygens (including phenoxy) is 2. The van der Waals surface area contributed by atoms with Crippen molar-refractivity contribution in [1.29, 1.82) is 0 Å². The maximum Gasteiger partial charge on any atom is 0.253 e.